The minimum Gasteiger partial charge on any atom is -0.493 e. The summed E-state index contributed by atoms with van der Waals surface area (Å²) in [5.74, 6) is -0.439. The van der Waals surface area contributed by atoms with Crippen LogP contribution >= 0.6 is 0 Å². The topological polar surface area (TPSA) is 99.9 Å². The predicted octanol–water partition coefficient (Wildman–Crippen LogP) is 0.206. The maximum Gasteiger partial charge on any atom is 0.335 e. The summed E-state index contributed by atoms with van der Waals surface area (Å²) in [6.45, 7) is 4.20. The van der Waals surface area contributed by atoms with Crippen molar-refractivity contribution in [2.75, 3.05) is 26.3 Å². The number of hydrogen-bond donors (Lipinski definition) is 2. The number of ether oxygens (including phenoxy) is 1. The van der Waals surface area contributed by atoms with Gasteiger partial charge in [-0.2, -0.15) is 5.10 Å². The van der Waals surface area contributed by atoms with Gasteiger partial charge in [0.05, 0.1) is 38.2 Å². The Morgan fingerprint density at radius 2 is 2.04 bits per heavy atom. The number of hydrazone groups is 1. The van der Waals surface area contributed by atoms with Crippen molar-refractivity contribution < 1.29 is 9.84 Å². The van der Waals surface area contributed by atoms with E-state index in [0.717, 1.165) is 10.1 Å². The second-order valence-electron chi connectivity index (χ2n) is 5.48. The van der Waals surface area contributed by atoms with Crippen LogP contribution in [0.15, 0.2) is 39.0 Å². The molecule has 0 atom stereocenters. The van der Waals surface area contributed by atoms with Crippen LogP contribution < -0.4 is 11.2 Å². The quantitative estimate of drug-likeness (QED) is 0.784. The van der Waals surface area contributed by atoms with Gasteiger partial charge < -0.3 is 9.84 Å². The lowest BCUT2D eigenvalue weighted by Crippen LogP contribution is -2.34. The summed E-state index contributed by atoms with van der Waals surface area (Å²) < 4.78 is 6.28. The molecule has 8 nitrogen and oxygen atoms in total. The molecular weight excluding hydrogens is 312 g/mol. The molecule has 0 unspecified atom stereocenters. The third-order valence-corrected chi connectivity index (χ3v) is 3.72. The molecule has 1 aliphatic heterocycles. The first-order valence-electron chi connectivity index (χ1n) is 7.58. The van der Waals surface area contributed by atoms with Crippen molar-refractivity contribution in [2.24, 2.45) is 5.10 Å². The van der Waals surface area contributed by atoms with Crippen molar-refractivity contribution in [3.8, 4) is 11.6 Å². The molecule has 24 heavy (non-hydrogen) atoms. The first-order chi connectivity index (χ1) is 11.6. The molecule has 1 saturated heterocycles. The summed E-state index contributed by atoms with van der Waals surface area (Å²) in [4.78, 5) is 26.3. The van der Waals surface area contributed by atoms with E-state index in [0.29, 0.717) is 32.0 Å². The smallest absolute Gasteiger partial charge is 0.335 e. The second kappa shape index (κ2) is 6.71. The van der Waals surface area contributed by atoms with Crippen LogP contribution in [-0.2, 0) is 4.74 Å². The zero-order valence-electron chi connectivity index (χ0n) is 13.2. The summed E-state index contributed by atoms with van der Waals surface area (Å²) in [5.41, 5.74) is -0.0593. The predicted molar refractivity (Wildman–Crippen MR) is 89.0 cm³/mol. The van der Waals surface area contributed by atoms with Crippen molar-refractivity contribution in [3.05, 3.63) is 56.2 Å². The van der Waals surface area contributed by atoms with Gasteiger partial charge in [0.25, 0.3) is 5.56 Å². The number of hydrogen-bond acceptors (Lipinski definition) is 6. The maximum atomic E-state index is 12.1. The van der Waals surface area contributed by atoms with Gasteiger partial charge in [-0.3, -0.25) is 14.8 Å². The molecule has 1 fully saturated rings. The Labute approximate surface area is 137 Å². The highest BCUT2D eigenvalue weighted by atomic mass is 16.5. The SMILES string of the molecule is Cc1cccc(-n2c(O)c(C=NN3CCOCC3)c(=O)[nH]c2=O)c1. The fourth-order valence-corrected chi connectivity index (χ4v) is 2.47. The number of rotatable bonds is 3. The van der Waals surface area contributed by atoms with Crippen LogP contribution in [0.5, 0.6) is 5.88 Å². The highest BCUT2D eigenvalue weighted by Gasteiger charge is 2.15. The zero-order valence-corrected chi connectivity index (χ0v) is 13.2. The van der Waals surface area contributed by atoms with Gasteiger partial charge in [-0.15, -0.1) is 0 Å². The number of H-pyrrole nitrogens is 1. The Balaban J connectivity index is 2.04. The van der Waals surface area contributed by atoms with Crippen molar-refractivity contribution in [3.63, 3.8) is 0 Å². The third kappa shape index (κ3) is 3.23. The summed E-state index contributed by atoms with van der Waals surface area (Å²) in [5, 5.41) is 16.4. The first-order valence-corrected chi connectivity index (χ1v) is 7.58. The second-order valence-corrected chi connectivity index (χ2v) is 5.48. The third-order valence-electron chi connectivity index (χ3n) is 3.72. The lowest BCUT2D eigenvalue weighted by molar-refractivity contribution is 0.0396. The molecule has 1 aliphatic rings. The number of aryl methyl sites for hydroxylation is 1. The Bertz CT molecular complexity index is 878. The molecule has 126 valence electrons. The number of aromatic hydroxyl groups is 1. The molecule has 0 amide bonds. The van der Waals surface area contributed by atoms with Gasteiger partial charge in [0.2, 0.25) is 5.88 Å². The highest BCUT2D eigenvalue weighted by Crippen LogP contribution is 2.16. The van der Waals surface area contributed by atoms with Crippen molar-refractivity contribution in [2.45, 2.75) is 6.92 Å². The number of nitrogens with one attached hydrogen (secondary N) is 1. The van der Waals surface area contributed by atoms with Gasteiger partial charge >= 0.3 is 5.69 Å². The molecule has 1 aromatic carbocycles. The van der Waals surface area contributed by atoms with Crippen LogP contribution in [0, 0.1) is 6.92 Å². The zero-order chi connectivity index (χ0) is 17.1. The van der Waals surface area contributed by atoms with Gasteiger partial charge in [0.1, 0.15) is 5.56 Å². The van der Waals surface area contributed by atoms with E-state index in [1.807, 2.05) is 13.0 Å². The molecule has 1 aromatic heterocycles. The van der Waals surface area contributed by atoms with Crippen LogP contribution in [0.4, 0.5) is 0 Å². The van der Waals surface area contributed by atoms with E-state index in [-0.39, 0.29) is 5.56 Å². The summed E-state index contributed by atoms with van der Waals surface area (Å²) in [7, 11) is 0. The molecule has 0 radical (unpaired) electrons. The monoisotopic (exact) mass is 330 g/mol. The number of aromatic amines is 1. The van der Waals surface area contributed by atoms with Crippen LogP contribution in [0.1, 0.15) is 11.1 Å². The fraction of sp³-hybridized carbons (Fsp3) is 0.312. The van der Waals surface area contributed by atoms with E-state index >= 15 is 0 Å². The van der Waals surface area contributed by atoms with E-state index in [4.69, 9.17) is 4.74 Å². The van der Waals surface area contributed by atoms with E-state index < -0.39 is 17.1 Å². The Kier molecular flexibility index (Phi) is 4.48. The van der Waals surface area contributed by atoms with Gasteiger partial charge in [-0.25, -0.2) is 9.36 Å². The van der Waals surface area contributed by atoms with Crippen LogP contribution in [-0.4, -0.2) is 52.2 Å². The number of nitrogens with zero attached hydrogens (tertiary/aromatic N) is 3. The molecule has 0 spiro atoms. The van der Waals surface area contributed by atoms with E-state index in [1.54, 1.807) is 23.2 Å². The van der Waals surface area contributed by atoms with Crippen LogP contribution in [0.25, 0.3) is 5.69 Å². The molecular formula is C16H18N4O4. The molecule has 2 N–H and O–H groups in total. The Morgan fingerprint density at radius 1 is 1.29 bits per heavy atom. The van der Waals surface area contributed by atoms with Gasteiger partial charge in [0.15, 0.2) is 0 Å². The van der Waals surface area contributed by atoms with E-state index in [1.165, 1.54) is 6.21 Å². The van der Waals surface area contributed by atoms with E-state index in [2.05, 4.69) is 10.1 Å². The molecule has 2 aromatic rings. The minimum atomic E-state index is -0.702. The van der Waals surface area contributed by atoms with E-state index in [9.17, 15) is 14.7 Å². The number of aromatic nitrogens is 2. The van der Waals surface area contributed by atoms with Gasteiger partial charge in [-0.1, -0.05) is 12.1 Å². The highest BCUT2D eigenvalue weighted by molar-refractivity contribution is 5.82. The van der Waals surface area contributed by atoms with Crippen molar-refractivity contribution >= 4 is 6.21 Å². The van der Waals surface area contributed by atoms with Crippen LogP contribution in [0.3, 0.4) is 0 Å². The summed E-state index contributed by atoms with van der Waals surface area (Å²) in [6.07, 6.45) is 1.27. The lowest BCUT2D eigenvalue weighted by atomic mass is 10.2. The minimum absolute atomic E-state index is 0.0670. The molecule has 2 heterocycles. The summed E-state index contributed by atoms with van der Waals surface area (Å²) in [6, 6.07) is 7.05. The van der Waals surface area contributed by atoms with Crippen molar-refractivity contribution in [1.29, 1.82) is 0 Å². The molecule has 8 heteroatoms. The Morgan fingerprint density at radius 3 is 2.75 bits per heavy atom. The molecule has 3 rings (SSSR count). The lowest BCUT2D eigenvalue weighted by Gasteiger charge is -2.23. The average molecular weight is 330 g/mol. The van der Waals surface area contributed by atoms with Crippen LogP contribution in [0.2, 0.25) is 0 Å². The van der Waals surface area contributed by atoms with Gasteiger partial charge in [0, 0.05) is 0 Å². The summed E-state index contributed by atoms with van der Waals surface area (Å²) >= 11 is 0. The molecule has 0 bridgehead atoms. The molecule has 0 saturated carbocycles. The number of morpholine rings is 1. The normalized spacial score (nSPS) is 15.1. The average Bonchev–Trinajstić information content (AvgIpc) is 2.55. The largest absolute Gasteiger partial charge is 0.493 e. The fourth-order valence-electron chi connectivity index (χ4n) is 2.47. The molecule has 0 aliphatic carbocycles. The number of benzene rings is 1. The maximum absolute atomic E-state index is 12.1. The Hall–Kier alpha value is -2.87. The standard InChI is InChI=1S/C16H18N4O4/c1-11-3-2-4-12(9-11)20-15(22)13(14(21)18-16(20)23)10-17-19-5-7-24-8-6-19/h2-4,9-10,22H,5-8H2,1H3,(H,18,21,23). The van der Waals surface area contributed by atoms with Crippen molar-refractivity contribution in [1.82, 2.24) is 14.6 Å². The first kappa shape index (κ1) is 16.0. The van der Waals surface area contributed by atoms with Gasteiger partial charge in [-0.05, 0) is 24.6 Å².